The molecule has 0 radical (unpaired) electrons. The number of rotatable bonds is 8. The highest BCUT2D eigenvalue weighted by atomic mass is 16.5. The quantitative estimate of drug-likeness (QED) is 0.688. The van der Waals surface area contributed by atoms with Crippen molar-refractivity contribution in [3.05, 3.63) is 30.1 Å². The molecule has 1 unspecified atom stereocenters. The number of nitrogens with zero attached hydrogens (tertiary/aromatic N) is 1. The van der Waals surface area contributed by atoms with E-state index in [0.717, 1.165) is 32.5 Å². The third-order valence-electron chi connectivity index (χ3n) is 2.47. The lowest BCUT2D eigenvalue weighted by atomic mass is 10.1. The number of aromatic nitrogens is 1. The predicted molar refractivity (Wildman–Crippen MR) is 65.0 cm³/mol. The van der Waals surface area contributed by atoms with E-state index in [-0.39, 0.29) is 0 Å². The van der Waals surface area contributed by atoms with E-state index in [2.05, 4.69) is 10.3 Å². The summed E-state index contributed by atoms with van der Waals surface area (Å²) in [7, 11) is 1.73. The predicted octanol–water partition coefficient (Wildman–Crippen LogP) is 0.925. The van der Waals surface area contributed by atoms with Crippen LogP contribution in [0.1, 0.15) is 18.4 Å². The van der Waals surface area contributed by atoms with Gasteiger partial charge in [-0.05, 0) is 37.1 Å². The van der Waals surface area contributed by atoms with Gasteiger partial charge in [0.05, 0.1) is 6.61 Å². The first-order valence-corrected chi connectivity index (χ1v) is 5.68. The van der Waals surface area contributed by atoms with E-state index in [1.165, 1.54) is 5.56 Å². The van der Waals surface area contributed by atoms with Crippen LogP contribution in [0.3, 0.4) is 0 Å². The minimum Gasteiger partial charge on any atom is -0.383 e. The van der Waals surface area contributed by atoms with Crippen molar-refractivity contribution in [1.82, 2.24) is 10.3 Å². The van der Waals surface area contributed by atoms with E-state index in [1.807, 2.05) is 24.5 Å². The fraction of sp³-hybridized carbons (Fsp3) is 0.583. The topological polar surface area (TPSA) is 60.2 Å². The Morgan fingerprint density at radius 1 is 1.44 bits per heavy atom. The van der Waals surface area contributed by atoms with Gasteiger partial charge in [-0.15, -0.1) is 0 Å². The second-order valence-electron chi connectivity index (χ2n) is 3.82. The van der Waals surface area contributed by atoms with Gasteiger partial charge < -0.3 is 15.8 Å². The molecule has 0 saturated carbocycles. The molecule has 0 amide bonds. The first-order valence-electron chi connectivity index (χ1n) is 5.68. The summed E-state index contributed by atoms with van der Waals surface area (Å²) in [6.45, 7) is 2.31. The largest absolute Gasteiger partial charge is 0.383 e. The molecule has 1 atom stereocenters. The molecule has 0 bridgehead atoms. The van der Waals surface area contributed by atoms with Crippen LogP contribution in [0.15, 0.2) is 24.5 Å². The van der Waals surface area contributed by atoms with Crippen molar-refractivity contribution in [3.8, 4) is 0 Å². The minimum absolute atomic E-state index is 0.377. The molecule has 1 aromatic rings. The van der Waals surface area contributed by atoms with E-state index in [0.29, 0.717) is 6.04 Å². The first-order chi connectivity index (χ1) is 7.86. The Bertz CT molecular complexity index is 266. The molecule has 1 heterocycles. The lowest BCUT2D eigenvalue weighted by Gasteiger charge is -2.17. The first kappa shape index (κ1) is 13.1. The molecule has 1 aromatic heterocycles. The van der Waals surface area contributed by atoms with Crippen LogP contribution in [0.5, 0.6) is 0 Å². The van der Waals surface area contributed by atoms with Crippen LogP contribution >= 0.6 is 0 Å². The highest BCUT2D eigenvalue weighted by molar-refractivity contribution is 5.09. The van der Waals surface area contributed by atoms with Gasteiger partial charge in [0, 0.05) is 32.1 Å². The van der Waals surface area contributed by atoms with Gasteiger partial charge in [-0.25, -0.2) is 0 Å². The Labute approximate surface area is 97.2 Å². The zero-order chi connectivity index (χ0) is 11.6. The Morgan fingerprint density at radius 3 is 2.81 bits per heavy atom. The molecule has 0 aliphatic carbocycles. The number of nitrogens with one attached hydrogen (secondary N) is 1. The average Bonchev–Trinajstić information content (AvgIpc) is 2.34. The van der Waals surface area contributed by atoms with Crippen LogP contribution in [0.4, 0.5) is 0 Å². The van der Waals surface area contributed by atoms with E-state index in [9.17, 15) is 0 Å². The molecule has 90 valence electrons. The molecule has 0 fully saturated rings. The summed E-state index contributed by atoms with van der Waals surface area (Å²) in [5.41, 5.74) is 6.74. The van der Waals surface area contributed by atoms with Crippen LogP contribution in [0.2, 0.25) is 0 Å². The molecular formula is C12H21N3O. The summed E-state index contributed by atoms with van der Waals surface area (Å²) in [5.74, 6) is 0. The highest BCUT2D eigenvalue weighted by Crippen LogP contribution is 2.01. The molecule has 4 heteroatoms. The van der Waals surface area contributed by atoms with E-state index >= 15 is 0 Å². The summed E-state index contributed by atoms with van der Waals surface area (Å²) in [5, 5.41) is 3.46. The van der Waals surface area contributed by atoms with Gasteiger partial charge in [0.2, 0.25) is 0 Å². The summed E-state index contributed by atoms with van der Waals surface area (Å²) in [6.07, 6.45) is 5.69. The lowest BCUT2D eigenvalue weighted by Crippen LogP contribution is -2.33. The van der Waals surface area contributed by atoms with Crippen LogP contribution < -0.4 is 11.1 Å². The molecule has 4 nitrogen and oxygen atoms in total. The number of ether oxygens (including phenoxy) is 1. The second kappa shape index (κ2) is 8.21. The van der Waals surface area contributed by atoms with Crippen LogP contribution in [0.25, 0.3) is 0 Å². The van der Waals surface area contributed by atoms with E-state index in [1.54, 1.807) is 7.11 Å². The van der Waals surface area contributed by atoms with Crippen molar-refractivity contribution in [2.24, 2.45) is 5.73 Å². The minimum atomic E-state index is 0.377. The third-order valence-corrected chi connectivity index (χ3v) is 2.47. The summed E-state index contributed by atoms with van der Waals surface area (Å²) in [4.78, 5) is 3.99. The zero-order valence-corrected chi connectivity index (χ0v) is 9.86. The lowest BCUT2D eigenvalue weighted by molar-refractivity contribution is 0.161. The molecule has 0 aromatic carbocycles. The Balaban J connectivity index is 2.31. The van der Waals surface area contributed by atoms with Gasteiger partial charge >= 0.3 is 0 Å². The van der Waals surface area contributed by atoms with Crippen LogP contribution in [0, 0.1) is 0 Å². The molecule has 1 rings (SSSR count). The van der Waals surface area contributed by atoms with Crippen molar-refractivity contribution in [2.75, 3.05) is 20.3 Å². The molecule has 16 heavy (non-hydrogen) atoms. The number of methoxy groups -OCH3 is 1. The van der Waals surface area contributed by atoms with Crippen LogP contribution in [-0.2, 0) is 11.3 Å². The van der Waals surface area contributed by atoms with Gasteiger partial charge in [0.25, 0.3) is 0 Å². The third kappa shape index (κ3) is 5.21. The molecular weight excluding hydrogens is 202 g/mol. The maximum Gasteiger partial charge on any atom is 0.0615 e. The van der Waals surface area contributed by atoms with Crippen molar-refractivity contribution in [2.45, 2.75) is 25.4 Å². The fourth-order valence-corrected chi connectivity index (χ4v) is 1.57. The van der Waals surface area contributed by atoms with Gasteiger partial charge in [0.15, 0.2) is 0 Å². The Morgan fingerprint density at radius 2 is 2.19 bits per heavy atom. The number of hydrogen-bond donors (Lipinski definition) is 2. The SMILES string of the molecule is COCC(CCCN)NCc1ccncc1. The van der Waals surface area contributed by atoms with Crippen molar-refractivity contribution >= 4 is 0 Å². The van der Waals surface area contributed by atoms with Crippen molar-refractivity contribution in [1.29, 1.82) is 0 Å². The van der Waals surface area contributed by atoms with Crippen LogP contribution in [-0.4, -0.2) is 31.3 Å². The van der Waals surface area contributed by atoms with Gasteiger partial charge in [-0.1, -0.05) is 0 Å². The molecule has 0 saturated heterocycles. The molecule has 0 aliphatic rings. The smallest absolute Gasteiger partial charge is 0.0615 e. The summed E-state index contributed by atoms with van der Waals surface area (Å²) in [6, 6.07) is 4.40. The van der Waals surface area contributed by atoms with Crippen molar-refractivity contribution in [3.63, 3.8) is 0 Å². The maximum absolute atomic E-state index is 5.50. The summed E-state index contributed by atoms with van der Waals surface area (Å²) < 4.78 is 5.17. The highest BCUT2D eigenvalue weighted by Gasteiger charge is 2.06. The molecule has 0 aliphatic heterocycles. The number of nitrogens with two attached hydrogens (primary N) is 1. The van der Waals surface area contributed by atoms with Crippen molar-refractivity contribution < 1.29 is 4.74 Å². The summed E-state index contributed by atoms with van der Waals surface area (Å²) >= 11 is 0. The normalized spacial score (nSPS) is 12.6. The Hall–Kier alpha value is -0.970. The van der Waals surface area contributed by atoms with E-state index in [4.69, 9.17) is 10.5 Å². The van der Waals surface area contributed by atoms with Gasteiger partial charge in [0.1, 0.15) is 0 Å². The van der Waals surface area contributed by atoms with E-state index < -0.39 is 0 Å². The Kier molecular flexibility index (Phi) is 6.72. The second-order valence-corrected chi connectivity index (χ2v) is 3.82. The van der Waals surface area contributed by atoms with Gasteiger partial charge in [-0.2, -0.15) is 0 Å². The zero-order valence-electron chi connectivity index (χ0n) is 9.86. The number of hydrogen-bond acceptors (Lipinski definition) is 4. The standard InChI is InChI=1S/C12H21N3O/c1-16-10-12(3-2-6-13)15-9-11-4-7-14-8-5-11/h4-5,7-8,12,15H,2-3,6,9-10,13H2,1H3. The van der Waals surface area contributed by atoms with Gasteiger partial charge in [-0.3, -0.25) is 4.98 Å². The molecule has 3 N–H and O–H groups in total. The monoisotopic (exact) mass is 223 g/mol. The average molecular weight is 223 g/mol. The number of pyridine rings is 1. The molecule has 0 spiro atoms. The maximum atomic E-state index is 5.50. The fourth-order valence-electron chi connectivity index (χ4n) is 1.57.